The first-order valence-electron chi connectivity index (χ1n) is 5.92. The Morgan fingerprint density at radius 3 is 3.06 bits per heavy atom. The highest BCUT2D eigenvalue weighted by Gasteiger charge is 2.18. The van der Waals surface area contributed by atoms with Crippen LogP contribution in [-0.4, -0.2) is 18.5 Å². The average Bonchev–Trinajstić information content (AvgIpc) is 2.84. The molecule has 4 nitrogen and oxygen atoms in total. The Morgan fingerprint density at radius 1 is 1.61 bits per heavy atom. The van der Waals surface area contributed by atoms with Gasteiger partial charge in [-0.1, -0.05) is 0 Å². The van der Waals surface area contributed by atoms with Gasteiger partial charge >= 0.3 is 0 Å². The van der Waals surface area contributed by atoms with E-state index in [-0.39, 0.29) is 5.91 Å². The van der Waals surface area contributed by atoms with Crippen LogP contribution in [0.1, 0.15) is 24.8 Å². The monoisotopic (exact) mass is 307 g/mol. The fraction of sp³-hybridized carbons (Fsp3) is 0.385. The lowest BCUT2D eigenvalue weighted by Gasteiger charge is -2.11. The summed E-state index contributed by atoms with van der Waals surface area (Å²) in [5, 5.41) is 14.9. The Hall–Kier alpha value is -1.38. The molecule has 1 aromatic carbocycles. The molecule has 1 saturated heterocycles. The van der Waals surface area contributed by atoms with Crippen molar-refractivity contribution in [3.8, 4) is 6.07 Å². The standard InChI is InChI=1S/C13H14BrN3O/c14-11-6-9(8-15)3-4-12(11)17-13(18)7-10-2-1-5-16-10/h3-4,6,10,16H,1-2,5,7H2,(H,17,18). The zero-order chi connectivity index (χ0) is 13.0. The van der Waals surface area contributed by atoms with E-state index in [0.717, 1.165) is 23.9 Å². The molecule has 18 heavy (non-hydrogen) atoms. The highest BCUT2D eigenvalue weighted by Crippen LogP contribution is 2.23. The number of benzene rings is 1. The molecule has 0 bridgehead atoms. The van der Waals surface area contributed by atoms with Gasteiger partial charge in [-0.2, -0.15) is 5.26 Å². The van der Waals surface area contributed by atoms with E-state index in [4.69, 9.17) is 5.26 Å². The van der Waals surface area contributed by atoms with Crippen molar-refractivity contribution in [2.75, 3.05) is 11.9 Å². The van der Waals surface area contributed by atoms with Gasteiger partial charge in [0.05, 0.1) is 17.3 Å². The topological polar surface area (TPSA) is 64.9 Å². The van der Waals surface area contributed by atoms with Gasteiger partial charge in [0.15, 0.2) is 0 Å². The Morgan fingerprint density at radius 2 is 2.44 bits per heavy atom. The molecule has 1 unspecified atom stereocenters. The number of anilines is 1. The molecule has 0 saturated carbocycles. The first kappa shape index (κ1) is 13.1. The van der Waals surface area contributed by atoms with Crippen molar-refractivity contribution >= 4 is 27.5 Å². The predicted molar refractivity (Wildman–Crippen MR) is 73.1 cm³/mol. The van der Waals surface area contributed by atoms with E-state index in [1.807, 2.05) is 0 Å². The molecule has 1 aliphatic heterocycles. The van der Waals surface area contributed by atoms with Crippen LogP contribution < -0.4 is 10.6 Å². The van der Waals surface area contributed by atoms with Gasteiger partial charge in [-0.15, -0.1) is 0 Å². The number of amides is 1. The van der Waals surface area contributed by atoms with E-state index in [9.17, 15) is 4.79 Å². The number of rotatable bonds is 3. The van der Waals surface area contributed by atoms with Crippen molar-refractivity contribution in [1.82, 2.24) is 5.32 Å². The summed E-state index contributed by atoms with van der Waals surface area (Å²) in [7, 11) is 0. The van der Waals surface area contributed by atoms with Gasteiger partial charge < -0.3 is 10.6 Å². The van der Waals surface area contributed by atoms with E-state index in [2.05, 4.69) is 32.6 Å². The minimum absolute atomic E-state index is 0.000178. The Labute approximate surface area is 115 Å². The van der Waals surface area contributed by atoms with Crippen molar-refractivity contribution < 1.29 is 4.79 Å². The molecule has 1 aliphatic rings. The summed E-state index contributed by atoms with van der Waals surface area (Å²) in [6.07, 6.45) is 2.69. The van der Waals surface area contributed by atoms with Crippen LogP contribution in [-0.2, 0) is 4.79 Å². The maximum absolute atomic E-state index is 11.8. The van der Waals surface area contributed by atoms with Crippen LogP contribution in [0.4, 0.5) is 5.69 Å². The fourth-order valence-electron chi connectivity index (χ4n) is 2.04. The molecule has 1 fully saturated rings. The van der Waals surface area contributed by atoms with Crippen LogP contribution in [0.5, 0.6) is 0 Å². The Bertz CT molecular complexity index is 489. The molecule has 1 atom stereocenters. The van der Waals surface area contributed by atoms with Crippen molar-refractivity contribution in [1.29, 1.82) is 5.26 Å². The number of halogens is 1. The van der Waals surface area contributed by atoms with Gasteiger partial charge in [0.25, 0.3) is 0 Å². The Balaban J connectivity index is 1.96. The van der Waals surface area contributed by atoms with Crippen LogP contribution in [0.25, 0.3) is 0 Å². The van der Waals surface area contributed by atoms with Crippen LogP contribution >= 0.6 is 15.9 Å². The largest absolute Gasteiger partial charge is 0.325 e. The van der Waals surface area contributed by atoms with Gasteiger partial charge in [-0.05, 0) is 53.5 Å². The highest BCUT2D eigenvalue weighted by atomic mass is 79.9. The quantitative estimate of drug-likeness (QED) is 0.901. The second-order valence-corrected chi connectivity index (χ2v) is 5.21. The number of carbonyl (C=O) groups is 1. The summed E-state index contributed by atoms with van der Waals surface area (Å²) < 4.78 is 0.731. The fourth-order valence-corrected chi connectivity index (χ4v) is 2.52. The molecule has 5 heteroatoms. The average molecular weight is 308 g/mol. The maximum atomic E-state index is 11.8. The van der Waals surface area contributed by atoms with Crippen molar-refractivity contribution in [2.45, 2.75) is 25.3 Å². The summed E-state index contributed by atoms with van der Waals surface area (Å²) in [6, 6.07) is 7.47. The van der Waals surface area contributed by atoms with Crippen LogP contribution in [0.15, 0.2) is 22.7 Å². The SMILES string of the molecule is N#Cc1ccc(NC(=O)CC2CCCN2)c(Br)c1. The zero-order valence-corrected chi connectivity index (χ0v) is 11.5. The predicted octanol–water partition coefficient (Wildman–Crippen LogP) is 2.40. The van der Waals surface area contributed by atoms with Gasteiger partial charge in [0.2, 0.25) is 5.91 Å². The molecule has 0 aliphatic carbocycles. The highest BCUT2D eigenvalue weighted by molar-refractivity contribution is 9.10. The number of nitrogens with zero attached hydrogens (tertiary/aromatic N) is 1. The van der Waals surface area contributed by atoms with E-state index < -0.39 is 0 Å². The van der Waals surface area contributed by atoms with Crippen molar-refractivity contribution in [2.24, 2.45) is 0 Å². The number of nitrogens with one attached hydrogen (secondary N) is 2. The number of hydrogen-bond acceptors (Lipinski definition) is 3. The maximum Gasteiger partial charge on any atom is 0.225 e. The van der Waals surface area contributed by atoms with Crippen LogP contribution in [0, 0.1) is 11.3 Å². The lowest BCUT2D eigenvalue weighted by atomic mass is 10.1. The lowest BCUT2D eigenvalue weighted by Crippen LogP contribution is -2.27. The second kappa shape index (κ2) is 5.98. The first-order valence-corrected chi connectivity index (χ1v) is 6.71. The molecule has 1 aromatic rings. The molecule has 2 N–H and O–H groups in total. The lowest BCUT2D eigenvalue weighted by molar-refractivity contribution is -0.116. The molecular formula is C13H14BrN3O. The molecular weight excluding hydrogens is 294 g/mol. The molecule has 1 amide bonds. The summed E-state index contributed by atoms with van der Waals surface area (Å²) in [6.45, 7) is 0.999. The minimum Gasteiger partial charge on any atom is -0.325 e. The Kier molecular flexibility index (Phi) is 4.34. The smallest absolute Gasteiger partial charge is 0.225 e. The van der Waals surface area contributed by atoms with Gasteiger partial charge in [-0.25, -0.2) is 0 Å². The molecule has 94 valence electrons. The summed E-state index contributed by atoms with van der Waals surface area (Å²) in [5.74, 6) is -0.000178. The van der Waals surface area contributed by atoms with Gasteiger partial charge in [-0.3, -0.25) is 4.79 Å². The third kappa shape index (κ3) is 3.31. The number of nitriles is 1. The van der Waals surface area contributed by atoms with E-state index in [0.29, 0.717) is 23.7 Å². The van der Waals surface area contributed by atoms with Crippen LogP contribution in [0.2, 0.25) is 0 Å². The third-order valence-corrected chi connectivity index (χ3v) is 3.62. The summed E-state index contributed by atoms with van der Waals surface area (Å²) in [4.78, 5) is 11.8. The van der Waals surface area contributed by atoms with E-state index in [1.54, 1.807) is 18.2 Å². The van der Waals surface area contributed by atoms with Gasteiger partial charge in [0.1, 0.15) is 0 Å². The van der Waals surface area contributed by atoms with Crippen molar-refractivity contribution in [3.63, 3.8) is 0 Å². The normalized spacial score (nSPS) is 18.3. The molecule has 0 radical (unpaired) electrons. The third-order valence-electron chi connectivity index (χ3n) is 2.97. The summed E-state index contributed by atoms with van der Waals surface area (Å²) in [5.41, 5.74) is 1.27. The second-order valence-electron chi connectivity index (χ2n) is 4.35. The van der Waals surface area contributed by atoms with Gasteiger partial charge in [0, 0.05) is 16.9 Å². The number of hydrogen-bond donors (Lipinski definition) is 2. The molecule has 0 spiro atoms. The molecule has 2 rings (SSSR count). The van der Waals surface area contributed by atoms with E-state index in [1.165, 1.54) is 0 Å². The van der Waals surface area contributed by atoms with E-state index >= 15 is 0 Å². The van der Waals surface area contributed by atoms with Crippen LogP contribution in [0.3, 0.4) is 0 Å². The first-order chi connectivity index (χ1) is 8.69. The molecule has 0 aromatic heterocycles. The zero-order valence-electron chi connectivity index (χ0n) is 9.87. The number of carbonyl (C=O) groups excluding carboxylic acids is 1. The molecule has 1 heterocycles. The van der Waals surface area contributed by atoms with Crippen molar-refractivity contribution in [3.05, 3.63) is 28.2 Å². The minimum atomic E-state index is -0.000178. The summed E-state index contributed by atoms with van der Waals surface area (Å²) >= 11 is 3.35.